The van der Waals surface area contributed by atoms with Gasteiger partial charge < -0.3 is 15.6 Å². The van der Waals surface area contributed by atoms with Gasteiger partial charge in [0.1, 0.15) is 17.0 Å². The van der Waals surface area contributed by atoms with Gasteiger partial charge in [-0.3, -0.25) is 0 Å². The normalized spacial score (nSPS) is 12.4. The smallest absolute Gasteiger partial charge is 0.225 e. The van der Waals surface area contributed by atoms with Crippen molar-refractivity contribution in [2.75, 3.05) is 10.6 Å². The van der Waals surface area contributed by atoms with Crippen molar-refractivity contribution in [1.82, 2.24) is 19.9 Å². The lowest BCUT2D eigenvalue weighted by Gasteiger charge is -2.09. The Bertz CT molecular complexity index is 856. The Morgan fingerprint density at radius 2 is 1.88 bits per heavy atom. The summed E-state index contributed by atoms with van der Waals surface area (Å²) in [5.41, 5.74) is 0.331. The molecule has 0 aliphatic rings. The number of benzene rings is 1. The molecule has 3 aromatic rings. The molecule has 0 saturated heterocycles. The standard InChI is InChI=1S/C15H15F3N6/c1-3-7(2)20-14-19-6-11-13(23-14)24-15(21-11)22-12-9(17)4-8(16)5-10(12)18/h4-7H,3H2,1-2H3,(H3,19,20,21,22,23,24). The highest BCUT2D eigenvalue weighted by molar-refractivity contribution is 5.75. The molecule has 2 aromatic heterocycles. The van der Waals surface area contributed by atoms with Crippen LogP contribution in [0.15, 0.2) is 18.3 Å². The molecule has 3 rings (SSSR count). The zero-order valence-corrected chi connectivity index (χ0v) is 13.0. The number of fused-ring (bicyclic) bond motifs is 1. The fourth-order valence-electron chi connectivity index (χ4n) is 2.04. The first-order chi connectivity index (χ1) is 11.5. The van der Waals surface area contributed by atoms with Crippen molar-refractivity contribution in [3.63, 3.8) is 0 Å². The Balaban J connectivity index is 1.89. The third-order valence-corrected chi connectivity index (χ3v) is 3.48. The molecule has 9 heteroatoms. The summed E-state index contributed by atoms with van der Waals surface area (Å²) in [7, 11) is 0. The summed E-state index contributed by atoms with van der Waals surface area (Å²) in [5.74, 6) is -2.62. The number of hydrogen-bond donors (Lipinski definition) is 3. The number of H-pyrrole nitrogens is 1. The summed E-state index contributed by atoms with van der Waals surface area (Å²) in [4.78, 5) is 15.3. The number of rotatable bonds is 5. The van der Waals surface area contributed by atoms with Crippen LogP contribution in [0.3, 0.4) is 0 Å². The van der Waals surface area contributed by atoms with Crippen LogP contribution in [-0.4, -0.2) is 26.0 Å². The van der Waals surface area contributed by atoms with Crippen LogP contribution in [0.25, 0.3) is 11.2 Å². The van der Waals surface area contributed by atoms with Crippen molar-refractivity contribution >= 4 is 28.7 Å². The van der Waals surface area contributed by atoms with Crippen LogP contribution in [0, 0.1) is 17.5 Å². The van der Waals surface area contributed by atoms with Gasteiger partial charge in [0.25, 0.3) is 0 Å². The van der Waals surface area contributed by atoms with Crippen LogP contribution in [0.1, 0.15) is 20.3 Å². The molecule has 2 heterocycles. The second-order valence-electron chi connectivity index (χ2n) is 5.34. The lowest BCUT2D eigenvalue weighted by molar-refractivity contribution is 0.548. The first-order valence-electron chi connectivity index (χ1n) is 7.37. The van der Waals surface area contributed by atoms with Crippen LogP contribution in [0.2, 0.25) is 0 Å². The number of aromatic amines is 1. The SMILES string of the molecule is CCC(C)Nc1ncc2[nH]c(Nc3c(F)cc(F)cc3F)nc2n1. The number of halogens is 3. The highest BCUT2D eigenvalue weighted by atomic mass is 19.1. The van der Waals surface area contributed by atoms with E-state index in [9.17, 15) is 13.2 Å². The number of hydrogen-bond acceptors (Lipinski definition) is 5. The quantitative estimate of drug-likeness (QED) is 0.662. The molecule has 3 N–H and O–H groups in total. The van der Waals surface area contributed by atoms with Gasteiger partial charge in [0.15, 0.2) is 17.3 Å². The van der Waals surface area contributed by atoms with Gasteiger partial charge in [0.2, 0.25) is 11.9 Å². The van der Waals surface area contributed by atoms with E-state index in [-0.39, 0.29) is 12.0 Å². The first kappa shape index (κ1) is 16.0. The van der Waals surface area contributed by atoms with Gasteiger partial charge in [-0.2, -0.15) is 9.97 Å². The van der Waals surface area contributed by atoms with Crippen LogP contribution >= 0.6 is 0 Å². The van der Waals surface area contributed by atoms with E-state index in [1.807, 2.05) is 13.8 Å². The van der Waals surface area contributed by atoms with Crippen molar-refractivity contribution in [3.05, 3.63) is 35.8 Å². The molecule has 1 atom stereocenters. The zero-order chi connectivity index (χ0) is 17.3. The lowest BCUT2D eigenvalue weighted by atomic mass is 10.3. The fraction of sp³-hybridized carbons (Fsp3) is 0.267. The number of nitrogens with one attached hydrogen (secondary N) is 3. The Morgan fingerprint density at radius 1 is 1.17 bits per heavy atom. The third kappa shape index (κ3) is 3.24. The van der Waals surface area contributed by atoms with Gasteiger partial charge in [0, 0.05) is 18.2 Å². The maximum Gasteiger partial charge on any atom is 0.225 e. The summed E-state index contributed by atoms with van der Waals surface area (Å²) >= 11 is 0. The maximum absolute atomic E-state index is 13.7. The summed E-state index contributed by atoms with van der Waals surface area (Å²) < 4.78 is 40.3. The van der Waals surface area contributed by atoms with Crippen LogP contribution in [-0.2, 0) is 0 Å². The molecule has 0 spiro atoms. The van der Waals surface area contributed by atoms with Gasteiger partial charge in [-0.05, 0) is 13.3 Å². The van der Waals surface area contributed by atoms with Crippen molar-refractivity contribution in [2.45, 2.75) is 26.3 Å². The molecule has 126 valence electrons. The van der Waals surface area contributed by atoms with Crippen molar-refractivity contribution in [3.8, 4) is 0 Å². The average molecular weight is 336 g/mol. The van der Waals surface area contributed by atoms with Gasteiger partial charge in [-0.25, -0.2) is 18.2 Å². The van der Waals surface area contributed by atoms with Gasteiger partial charge in [-0.1, -0.05) is 6.92 Å². The Labute approximate surface area is 135 Å². The molecule has 0 fully saturated rings. The topological polar surface area (TPSA) is 78.5 Å². The van der Waals surface area contributed by atoms with Crippen LogP contribution in [0.4, 0.5) is 30.8 Å². The molecular formula is C15H15F3N6. The molecule has 6 nitrogen and oxygen atoms in total. The molecule has 0 aliphatic carbocycles. The molecule has 0 amide bonds. The van der Waals surface area contributed by atoms with E-state index < -0.39 is 23.1 Å². The Morgan fingerprint density at radius 3 is 2.54 bits per heavy atom. The minimum atomic E-state index is -1.06. The number of aromatic nitrogens is 4. The Hall–Kier alpha value is -2.84. The zero-order valence-electron chi connectivity index (χ0n) is 13.0. The first-order valence-corrected chi connectivity index (χ1v) is 7.37. The number of imidazole rings is 1. The summed E-state index contributed by atoms with van der Waals surface area (Å²) in [6, 6.07) is 1.37. The van der Waals surface area contributed by atoms with Gasteiger partial charge in [-0.15, -0.1) is 0 Å². The van der Waals surface area contributed by atoms with Crippen molar-refractivity contribution in [1.29, 1.82) is 0 Å². The van der Waals surface area contributed by atoms with Crippen molar-refractivity contribution in [2.24, 2.45) is 0 Å². The van der Waals surface area contributed by atoms with E-state index in [0.29, 0.717) is 29.2 Å². The molecule has 0 aliphatic heterocycles. The minimum Gasteiger partial charge on any atom is -0.352 e. The van der Waals surface area contributed by atoms with E-state index in [4.69, 9.17) is 0 Å². The predicted octanol–water partition coefficient (Wildman–Crippen LogP) is 3.72. The second-order valence-corrected chi connectivity index (χ2v) is 5.34. The molecule has 0 saturated carbocycles. The number of anilines is 3. The van der Waals surface area contributed by atoms with Gasteiger partial charge in [0.05, 0.1) is 6.20 Å². The molecular weight excluding hydrogens is 321 g/mol. The summed E-state index contributed by atoms with van der Waals surface area (Å²) in [6.07, 6.45) is 2.42. The molecule has 1 unspecified atom stereocenters. The van der Waals surface area contributed by atoms with E-state index in [0.717, 1.165) is 6.42 Å². The minimum absolute atomic E-state index is 0.0735. The monoisotopic (exact) mass is 336 g/mol. The van der Waals surface area contributed by atoms with Crippen LogP contribution in [0.5, 0.6) is 0 Å². The van der Waals surface area contributed by atoms with Gasteiger partial charge >= 0.3 is 0 Å². The number of nitrogens with zero attached hydrogens (tertiary/aromatic N) is 3. The van der Waals surface area contributed by atoms with Crippen molar-refractivity contribution < 1.29 is 13.2 Å². The molecule has 24 heavy (non-hydrogen) atoms. The van der Waals surface area contributed by atoms with Crippen LogP contribution < -0.4 is 10.6 Å². The van der Waals surface area contributed by atoms with E-state index >= 15 is 0 Å². The molecule has 0 bridgehead atoms. The largest absolute Gasteiger partial charge is 0.352 e. The highest BCUT2D eigenvalue weighted by Crippen LogP contribution is 2.24. The predicted molar refractivity (Wildman–Crippen MR) is 84.7 cm³/mol. The maximum atomic E-state index is 13.7. The van der Waals surface area contributed by atoms with E-state index in [1.54, 1.807) is 0 Å². The molecule has 0 radical (unpaired) electrons. The lowest BCUT2D eigenvalue weighted by Crippen LogP contribution is -2.15. The Kier molecular flexibility index (Phi) is 4.24. The van der Waals surface area contributed by atoms with E-state index in [2.05, 4.69) is 30.6 Å². The average Bonchev–Trinajstić information content (AvgIpc) is 2.92. The summed E-state index contributed by atoms with van der Waals surface area (Å²) in [6.45, 7) is 4.02. The fourth-order valence-corrected chi connectivity index (χ4v) is 2.04. The van der Waals surface area contributed by atoms with E-state index in [1.165, 1.54) is 6.20 Å². The highest BCUT2D eigenvalue weighted by Gasteiger charge is 2.14. The third-order valence-electron chi connectivity index (χ3n) is 3.48. The summed E-state index contributed by atoms with van der Waals surface area (Å²) in [5, 5.41) is 5.57. The second kappa shape index (κ2) is 6.34. The molecule has 1 aromatic carbocycles.